The highest BCUT2D eigenvalue weighted by atomic mass is 16.3. The summed E-state index contributed by atoms with van der Waals surface area (Å²) >= 11 is 0. The van der Waals surface area contributed by atoms with Crippen molar-refractivity contribution in [2.45, 2.75) is 55.4 Å². The summed E-state index contributed by atoms with van der Waals surface area (Å²) in [7, 11) is 0. The Kier molecular flexibility index (Phi) is 12.8. The highest BCUT2D eigenvalue weighted by Gasteiger charge is 2.44. The standard InChI is InChI=1S/C56H52N6O6/c1-29(2)45-41-25-33(7)47(53(65)49(41)43(51(63)55(45)67)27-57-35-17-21-39(22-18-35)61-59-37-13-9-31(5)10-14-37)48-34(8)26-42-46(30(3)4)56(68)52(64)44(50(42)54(48)66)28-58-36-19-23-40(24-20-36)62-60-38-15-11-32(6)12-16-38/h9-30,57,59-62,67H,1-8H3. The molecule has 0 spiro atoms. The van der Waals surface area contributed by atoms with E-state index in [1.54, 1.807) is 76.2 Å². The summed E-state index contributed by atoms with van der Waals surface area (Å²) in [4.78, 5) is 76.9. The number of nitrogens with one attached hydrogen (secondary N) is 5. The summed E-state index contributed by atoms with van der Waals surface area (Å²) in [5.74, 6) is -4.80. The molecule has 0 unspecified atom stereocenters. The fourth-order valence-corrected chi connectivity index (χ4v) is 8.68. The molecule has 4 aromatic rings. The second-order valence-corrected chi connectivity index (χ2v) is 17.8. The normalized spacial score (nSPS) is 18.2. The van der Waals surface area contributed by atoms with Crippen molar-refractivity contribution in [1.82, 2.24) is 0 Å². The predicted octanol–water partition coefficient (Wildman–Crippen LogP) is 11.0. The van der Waals surface area contributed by atoms with E-state index in [9.17, 15) is 19.5 Å². The van der Waals surface area contributed by atoms with Crippen LogP contribution in [0.2, 0.25) is 0 Å². The van der Waals surface area contributed by atoms with Crippen LogP contribution in [0.3, 0.4) is 0 Å². The second-order valence-electron chi connectivity index (χ2n) is 17.8. The summed E-state index contributed by atoms with van der Waals surface area (Å²) in [5.41, 5.74) is 21.1. The molecule has 68 heavy (non-hydrogen) atoms. The molecule has 12 nitrogen and oxygen atoms in total. The van der Waals surface area contributed by atoms with Crippen LogP contribution in [0.15, 0.2) is 193 Å². The van der Waals surface area contributed by atoms with Crippen LogP contribution in [-0.2, 0) is 24.0 Å². The summed E-state index contributed by atoms with van der Waals surface area (Å²) in [6, 6.07) is 30.1. The van der Waals surface area contributed by atoms with Crippen molar-refractivity contribution < 1.29 is 29.1 Å². The molecule has 8 rings (SSSR count). The van der Waals surface area contributed by atoms with E-state index in [-0.39, 0.29) is 44.9 Å². The average molecular weight is 905 g/mol. The molecule has 0 amide bonds. The number of carbonyl (C=O) groups excluding carboxylic acids is 5. The van der Waals surface area contributed by atoms with Gasteiger partial charge in [-0.1, -0.05) is 75.2 Å². The Hall–Kier alpha value is -8.38. The fourth-order valence-electron chi connectivity index (χ4n) is 8.68. The molecule has 0 saturated carbocycles. The third kappa shape index (κ3) is 8.96. The van der Waals surface area contributed by atoms with Crippen molar-refractivity contribution in [2.24, 2.45) is 16.8 Å². The fraction of sp³-hybridized carbons (Fsp3) is 0.179. The number of fused-ring (bicyclic) bond motifs is 1. The lowest BCUT2D eigenvalue weighted by atomic mass is 9.69. The van der Waals surface area contributed by atoms with Crippen molar-refractivity contribution in [3.8, 4) is 0 Å². The molecule has 342 valence electrons. The number of aliphatic hydroxyl groups is 1. The lowest BCUT2D eigenvalue weighted by Crippen LogP contribution is -2.34. The monoisotopic (exact) mass is 904 g/mol. The molecule has 6 N–H and O–H groups in total. The van der Waals surface area contributed by atoms with Gasteiger partial charge in [-0.3, -0.25) is 29.0 Å². The van der Waals surface area contributed by atoms with Gasteiger partial charge < -0.3 is 32.1 Å². The molecule has 0 heterocycles. The van der Waals surface area contributed by atoms with Gasteiger partial charge >= 0.3 is 0 Å². The minimum absolute atomic E-state index is 0.0272. The maximum Gasteiger partial charge on any atom is 0.235 e. The van der Waals surface area contributed by atoms with E-state index in [0.717, 1.165) is 33.9 Å². The molecule has 0 aromatic heterocycles. The van der Waals surface area contributed by atoms with E-state index in [1.807, 2.05) is 88.4 Å². The number of hydrogen-bond acceptors (Lipinski definition) is 12. The van der Waals surface area contributed by atoms with Crippen molar-refractivity contribution in [2.75, 3.05) is 27.0 Å². The van der Waals surface area contributed by atoms with Crippen LogP contribution in [-0.4, -0.2) is 40.2 Å². The van der Waals surface area contributed by atoms with E-state index in [2.05, 4.69) is 32.0 Å². The van der Waals surface area contributed by atoms with E-state index in [0.29, 0.717) is 39.2 Å². The first-order valence-electron chi connectivity index (χ1n) is 22.4. The summed E-state index contributed by atoms with van der Waals surface area (Å²) in [6.07, 6.45) is 6.06. The maximum atomic E-state index is 15.2. The Labute approximate surface area is 395 Å². The van der Waals surface area contributed by atoms with Gasteiger partial charge in [-0.2, -0.15) is 0 Å². The molecule has 0 atom stereocenters. The van der Waals surface area contributed by atoms with Crippen molar-refractivity contribution in [3.05, 3.63) is 199 Å². The molecule has 0 aliphatic heterocycles. The van der Waals surface area contributed by atoms with Crippen LogP contribution >= 0.6 is 0 Å². The molecular formula is C56H52N6O6. The number of aryl methyl sites for hydroxylation is 2. The van der Waals surface area contributed by atoms with Crippen LogP contribution in [0.4, 0.5) is 34.1 Å². The lowest BCUT2D eigenvalue weighted by Gasteiger charge is -2.32. The Morgan fingerprint density at radius 1 is 0.471 bits per heavy atom. The van der Waals surface area contributed by atoms with Crippen LogP contribution in [0.5, 0.6) is 0 Å². The number of benzene rings is 4. The Morgan fingerprint density at radius 2 is 0.897 bits per heavy atom. The number of ketones is 5. The van der Waals surface area contributed by atoms with Crippen LogP contribution < -0.4 is 27.0 Å². The van der Waals surface area contributed by atoms with Gasteiger partial charge in [0.15, 0.2) is 17.3 Å². The van der Waals surface area contributed by atoms with Gasteiger partial charge in [0.25, 0.3) is 0 Å². The molecule has 0 saturated heterocycles. The Morgan fingerprint density at radius 3 is 1.38 bits per heavy atom. The van der Waals surface area contributed by atoms with E-state index < -0.39 is 40.6 Å². The molecular weight excluding hydrogens is 853 g/mol. The molecule has 4 aliphatic carbocycles. The third-order valence-electron chi connectivity index (χ3n) is 12.2. The Balaban J connectivity index is 1.15. The largest absolute Gasteiger partial charge is 0.504 e. The number of allylic oxidation sites excluding steroid dienone is 14. The number of hydrogen-bond donors (Lipinski definition) is 6. The first-order valence-corrected chi connectivity index (χ1v) is 22.4. The van der Waals surface area contributed by atoms with Crippen LogP contribution in [0.25, 0.3) is 0 Å². The van der Waals surface area contributed by atoms with Crippen LogP contribution in [0.1, 0.15) is 52.7 Å². The number of aliphatic imine (C=N–C) groups is 1. The van der Waals surface area contributed by atoms with Gasteiger partial charge in [-0.25, -0.2) is 0 Å². The zero-order valence-electron chi connectivity index (χ0n) is 39.1. The minimum Gasteiger partial charge on any atom is -0.504 e. The summed E-state index contributed by atoms with van der Waals surface area (Å²) in [5, 5.41) is 14.5. The zero-order valence-corrected chi connectivity index (χ0v) is 39.1. The predicted molar refractivity (Wildman–Crippen MR) is 270 cm³/mol. The van der Waals surface area contributed by atoms with Crippen molar-refractivity contribution >= 4 is 69.3 Å². The number of Topliss-reactive ketones (excluding diaryl/α,β-unsaturated/α-hetero) is 5. The van der Waals surface area contributed by atoms with Gasteiger partial charge in [-0.05, 0) is 135 Å². The molecule has 12 heteroatoms. The number of anilines is 5. The van der Waals surface area contributed by atoms with Gasteiger partial charge in [0, 0.05) is 51.5 Å². The number of rotatable bonds is 12. The van der Waals surface area contributed by atoms with E-state index >= 15 is 9.59 Å². The smallest absolute Gasteiger partial charge is 0.235 e. The molecule has 4 aromatic carbocycles. The first kappa shape index (κ1) is 46.2. The lowest BCUT2D eigenvalue weighted by molar-refractivity contribution is -0.132. The summed E-state index contributed by atoms with van der Waals surface area (Å²) < 4.78 is 0. The molecule has 0 fully saturated rings. The molecule has 4 aliphatic rings. The highest BCUT2D eigenvalue weighted by Crippen LogP contribution is 2.46. The minimum atomic E-state index is -0.877. The average Bonchev–Trinajstić information content (AvgIpc) is 3.30. The van der Waals surface area contributed by atoms with Crippen LogP contribution in [0, 0.1) is 25.7 Å². The van der Waals surface area contributed by atoms with E-state index in [4.69, 9.17) is 0 Å². The zero-order chi connectivity index (χ0) is 48.6. The summed E-state index contributed by atoms with van der Waals surface area (Å²) in [6.45, 7) is 14.6. The Bertz CT molecular complexity index is 3110. The first-order chi connectivity index (χ1) is 32.5. The van der Waals surface area contributed by atoms with E-state index in [1.165, 1.54) is 12.4 Å². The van der Waals surface area contributed by atoms with Crippen molar-refractivity contribution in [1.29, 1.82) is 0 Å². The number of nitrogens with zero attached hydrogens (tertiary/aromatic N) is 1. The van der Waals surface area contributed by atoms with Crippen molar-refractivity contribution in [3.63, 3.8) is 0 Å². The van der Waals surface area contributed by atoms with Gasteiger partial charge in [0.05, 0.1) is 39.6 Å². The number of aliphatic hydroxyl groups excluding tert-OH is 1. The number of carbonyl (C=O) groups is 5. The van der Waals surface area contributed by atoms with Gasteiger partial charge in [0.1, 0.15) is 0 Å². The molecule has 0 bridgehead atoms. The second kappa shape index (κ2) is 18.8. The number of hydrazine groups is 2. The van der Waals surface area contributed by atoms with Gasteiger partial charge in [-0.15, -0.1) is 0 Å². The topological polar surface area (TPSA) is 178 Å². The quantitative estimate of drug-likeness (QED) is 0.0262. The molecule has 0 radical (unpaired) electrons. The SMILES string of the molecule is CC1=CC2=C(C(=O)C1=C1C(=O)C3=C(C=Nc4ccc(NNc5ccc(C)cc5)cc4)C(=O)C(=O)C(C(C)C)=C3C=C1C)C(=CNc1ccc(NNc3ccc(C)cc3)cc1)C(=O)C(O)=C2C(C)C. The maximum absolute atomic E-state index is 15.2. The third-order valence-corrected chi connectivity index (χ3v) is 12.2. The highest BCUT2D eigenvalue weighted by molar-refractivity contribution is 6.56. The van der Waals surface area contributed by atoms with Gasteiger partial charge in [0.2, 0.25) is 17.3 Å².